The molecular weight excluding hydrogens is 400 g/mol. The number of rotatable bonds is 6. The number of amides is 1. The van der Waals surface area contributed by atoms with Crippen molar-refractivity contribution in [3.05, 3.63) is 70.9 Å². The van der Waals surface area contributed by atoms with Crippen molar-refractivity contribution in [2.24, 2.45) is 0 Å². The predicted octanol–water partition coefficient (Wildman–Crippen LogP) is 3.59. The van der Waals surface area contributed by atoms with Gasteiger partial charge >= 0.3 is 0 Å². The van der Waals surface area contributed by atoms with Gasteiger partial charge in [0.15, 0.2) is 0 Å². The van der Waals surface area contributed by atoms with E-state index in [-0.39, 0.29) is 11.9 Å². The number of aromatic amines is 1. The van der Waals surface area contributed by atoms with E-state index in [9.17, 15) is 13.2 Å². The molecule has 3 rings (SSSR count). The van der Waals surface area contributed by atoms with Crippen LogP contribution < -0.4 is 10.0 Å². The molecule has 1 atom stereocenters. The molecule has 0 fully saturated rings. The van der Waals surface area contributed by atoms with Crippen LogP contribution in [0.25, 0.3) is 11.3 Å². The summed E-state index contributed by atoms with van der Waals surface area (Å²) >= 11 is 5.92. The Labute approximate surface area is 168 Å². The molecule has 0 aliphatic carbocycles. The fourth-order valence-electron chi connectivity index (χ4n) is 2.74. The highest BCUT2D eigenvalue weighted by molar-refractivity contribution is 7.92. The standard InChI is InChI=1S/C19H19ClN4O3S/c1-12(14-4-3-5-16(10-14)24-28(2,26)27)22-19(25)17-11-21-23-18(17)13-6-8-15(20)9-7-13/h3-12,24H,1-2H3,(H,21,23)(H,22,25). The highest BCUT2D eigenvalue weighted by atomic mass is 35.5. The third-order valence-electron chi connectivity index (χ3n) is 4.05. The van der Waals surface area contributed by atoms with Gasteiger partial charge in [-0.25, -0.2) is 8.42 Å². The number of halogens is 1. The summed E-state index contributed by atoms with van der Waals surface area (Å²) in [4.78, 5) is 12.8. The number of anilines is 1. The summed E-state index contributed by atoms with van der Waals surface area (Å²) in [6.45, 7) is 1.82. The second-order valence-electron chi connectivity index (χ2n) is 6.36. The average Bonchev–Trinajstić information content (AvgIpc) is 3.11. The number of nitrogens with zero attached hydrogens (tertiary/aromatic N) is 1. The first-order valence-corrected chi connectivity index (χ1v) is 10.7. The van der Waals surface area contributed by atoms with E-state index in [1.54, 1.807) is 42.5 Å². The first-order chi connectivity index (χ1) is 13.2. The zero-order valence-electron chi connectivity index (χ0n) is 15.2. The van der Waals surface area contributed by atoms with Gasteiger partial charge in [0.1, 0.15) is 0 Å². The van der Waals surface area contributed by atoms with Crippen molar-refractivity contribution >= 4 is 33.2 Å². The van der Waals surface area contributed by atoms with Crippen LogP contribution in [0.1, 0.15) is 28.9 Å². The van der Waals surface area contributed by atoms with E-state index in [1.807, 2.05) is 13.0 Å². The molecule has 0 aliphatic rings. The molecule has 0 radical (unpaired) electrons. The molecule has 28 heavy (non-hydrogen) atoms. The predicted molar refractivity (Wildman–Crippen MR) is 110 cm³/mol. The van der Waals surface area contributed by atoms with Crippen molar-refractivity contribution in [3.8, 4) is 11.3 Å². The van der Waals surface area contributed by atoms with Gasteiger partial charge in [-0.15, -0.1) is 0 Å². The summed E-state index contributed by atoms with van der Waals surface area (Å²) in [5.74, 6) is -0.298. The number of aromatic nitrogens is 2. The highest BCUT2D eigenvalue weighted by Gasteiger charge is 2.18. The largest absolute Gasteiger partial charge is 0.345 e. The SMILES string of the molecule is CC(NC(=O)c1cn[nH]c1-c1ccc(Cl)cc1)c1cccc(NS(C)(=O)=O)c1. The Kier molecular flexibility index (Phi) is 5.71. The van der Waals surface area contributed by atoms with Crippen LogP contribution in [-0.4, -0.2) is 30.8 Å². The van der Waals surface area contributed by atoms with Crippen LogP contribution in [0.5, 0.6) is 0 Å². The molecule has 0 saturated carbocycles. The first-order valence-electron chi connectivity index (χ1n) is 8.41. The molecule has 0 spiro atoms. The molecule has 0 bridgehead atoms. The van der Waals surface area contributed by atoms with E-state index in [0.717, 1.165) is 17.4 Å². The number of hydrogen-bond acceptors (Lipinski definition) is 4. The number of carbonyl (C=O) groups is 1. The van der Waals surface area contributed by atoms with Crippen molar-refractivity contribution in [1.29, 1.82) is 0 Å². The van der Waals surface area contributed by atoms with Gasteiger partial charge in [0.25, 0.3) is 5.91 Å². The van der Waals surface area contributed by atoms with E-state index in [1.165, 1.54) is 6.20 Å². The molecule has 3 N–H and O–H groups in total. The van der Waals surface area contributed by atoms with Crippen LogP contribution in [-0.2, 0) is 10.0 Å². The molecule has 1 aromatic heterocycles. The molecule has 7 nitrogen and oxygen atoms in total. The van der Waals surface area contributed by atoms with Crippen LogP contribution in [0.15, 0.2) is 54.7 Å². The molecule has 3 aromatic rings. The smallest absolute Gasteiger partial charge is 0.255 e. The van der Waals surface area contributed by atoms with Crippen molar-refractivity contribution in [3.63, 3.8) is 0 Å². The van der Waals surface area contributed by atoms with Gasteiger partial charge in [-0.2, -0.15) is 5.10 Å². The lowest BCUT2D eigenvalue weighted by Crippen LogP contribution is -2.26. The molecule has 9 heteroatoms. The third-order valence-corrected chi connectivity index (χ3v) is 4.91. The molecule has 0 saturated heterocycles. The van der Waals surface area contributed by atoms with E-state index in [4.69, 9.17) is 11.6 Å². The Balaban J connectivity index is 1.78. The summed E-state index contributed by atoms with van der Waals surface area (Å²) in [5, 5.41) is 10.3. The average molecular weight is 419 g/mol. The van der Waals surface area contributed by atoms with Crippen LogP contribution in [0.4, 0.5) is 5.69 Å². The minimum absolute atomic E-state index is 0.298. The fourth-order valence-corrected chi connectivity index (χ4v) is 3.42. The molecular formula is C19H19ClN4O3S. The normalized spacial score (nSPS) is 12.4. The molecule has 146 valence electrons. The van der Waals surface area contributed by atoms with Gasteiger partial charge in [0.2, 0.25) is 10.0 Å². The molecule has 0 aliphatic heterocycles. The second-order valence-corrected chi connectivity index (χ2v) is 8.55. The third kappa shape index (κ3) is 4.90. The lowest BCUT2D eigenvalue weighted by Gasteiger charge is -2.16. The van der Waals surface area contributed by atoms with Gasteiger partial charge in [-0.1, -0.05) is 35.9 Å². The molecule has 1 amide bonds. The highest BCUT2D eigenvalue weighted by Crippen LogP contribution is 2.24. The molecule has 1 heterocycles. The maximum Gasteiger partial charge on any atom is 0.255 e. The second kappa shape index (κ2) is 8.04. The van der Waals surface area contributed by atoms with Crippen LogP contribution in [0, 0.1) is 0 Å². The number of hydrogen-bond donors (Lipinski definition) is 3. The molecule has 2 aromatic carbocycles. The van der Waals surface area contributed by atoms with Crippen molar-refractivity contribution < 1.29 is 13.2 Å². The minimum atomic E-state index is -3.38. The van der Waals surface area contributed by atoms with E-state index >= 15 is 0 Å². The number of sulfonamides is 1. The summed E-state index contributed by atoms with van der Waals surface area (Å²) < 4.78 is 25.2. The van der Waals surface area contributed by atoms with Crippen molar-refractivity contribution in [1.82, 2.24) is 15.5 Å². The zero-order chi connectivity index (χ0) is 20.3. The lowest BCUT2D eigenvalue weighted by atomic mass is 10.1. The van der Waals surface area contributed by atoms with Crippen LogP contribution >= 0.6 is 11.6 Å². The Morgan fingerprint density at radius 2 is 1.89 bits per heavy atom. The van der Waals surface area contributed by atoms with Crippen molar-refractivity contribution in [2.75, 3.05) is 11.0 Å². The summed E-state index contributed by atoms with van der Waals surface area (Å²) in [6, 6.07) is 13.6. The van der Waals surface area contributed by atoms with E-state index in [0.29, 0.717) is 22.0 Å². The topological polar surface area (TPSA) is 104 Å². The number of benzene rings is 2. The van der Waals surface area contributed by atoms with Gasteiger partial charge < -0.3 is 5.32 Å². The van der Waals surface area contributed by atoms with Crippen LogP contribution in [0.3, 0.4) is 0 Å². The van der Waals surface area contributed by atoms with E-state index in [2.05, 4.69) is 20.2 Å². The Morgan fingerprint density at radius 1 is 1.18 bits per heavy atom. The Morgan fingerprint density at radius 3 is 2.57 bits per heavy atom. The molecule has 1 unspecified atom stereocenters. The summed E-state index contributed by atoms with van der Waals surface area (Å²) in [7, 11) is -3.38. The fraction of sp³-hybridized carbons (Fsp3) is 0.158. The van der Waals surface area contributed by atoms with E-state index < -0.39 is 10.0 Å². The number of H-pyrrole nitrogens is 1. The number of nitrogens with one attached hydrogen (secondary N) is 3. The Hall–Kier alpha value is -2.84. The van der Waals surface area contributed by atoms with Crippen molar-refractivity contribution in [2.45, 2.75) is 13.0 Å². The maximum absolute atomic E-state index is 12.8. The maximum atomic E-state index is 12.8. The van der Waals surface area contributed by atoms with Gasteiger partial charge in [0.05, 0.1) is 29.8 Å². The lowest BCUT2D eigenvalue weighted by molar-refractivity contribution is 0.0940. The number of carbonyl (C=O) groups excluding carboxylic acids is 1. The monoisotopic (exact) mass is 418 g/mol. The van der Waals surface area contributed by atoms with Gasteiger partial charge in [-0.05, 0) is 36.8 Å². The quantitative estimate of drug-likeness (QED) is 0.569. The first kappa shape index (κ1) is 19.9. The van der Waals surface area contributed by atoms with Gasteiger partial charge in [0, 0.05) is 16.3 Å². The summed E-state index contributed by atoms with van der Waals surface area (Å²) in [6.07, 6.45) is 2.55. The Bertz CT molecular complexity index is 1090. The minimum Gasteiger partial charge on any atom is -0.345 e. The zero-order valence-corrected chi connectivity index (χ0v) is 16.8. The van der Waals surface area contributed by atoms with Crippen LogP contribution in [0.2, 0.25) is 5.02 Å². The summed E-state index contributed by atoms with van der Waals surface area (Å²) in [5.41, 5.74) is 2.98. The van der Waals surface area contributed by atoms with Gasteiger partial charge in [-0.3, -0.25) is 14.6 Å².